The Morgan fingerprint density at radius 3 is 2.73 bits per heavy atom. The molecule has 3 atom stereocenters. The number of carbonyl (C=O) groups is 1. The number of rotatable bonds is 1. The van der Waals surface area contributed by atoms with Crippen LogP contribution in [0.2, 0.25) is 5.02 Å². The van der Waals surface area contributed by atoms with Crippen LogP contribution in [0.15, 0.2) is 35.2 Å². The third-order valence-corrected chi connectivity index (χ3v) is 8.41. The van der Waals surface area contributed by atoms with Crippen molar-refractivity contribution in [3.05, 3.63) is 46.7 Å². The number of anilines is 1. The lowest BCUT2D eigenvalue weighted by Crippen LogP contribution is -2.49. The van der Waals surface area contributed by atoms with E-state index in [1.54, 1.807) is 11.0 Å². The minimum absolute atomic E-state index is 0.0919. The van der Waals surface area contributed by atoms with Gasteiger partial charge in [-0.15, -0.1) is 0 Å². The van der Waals surface area contributed by atoms with Crippen molar-refractivity contribution in [1.29, 1.82) is 0 Å². The second kappa shape index (κ2) is 8.27. The first-order valence-corrected chi connectivity index (χ1v) is 13.1. The third-order valence-electron chi connectivity index (χ3n) is 6.64. The molecule has 3 aliphatic rings. The Morgan fingerprint density at radius 2 is 2.00 bits per heavy atom. The summed E-state index contributed by atoms with van der Waals surface area (Å²) in [6, 6.07) is 8.67. The smallest absolute Gasteiger partial charge is 0.410 e. The van der Waals surface area contributed by atoms with Crippen molar-refractivity contribution in [2.45, 2.75) is 56.1 Å². The Balaban J connectivity index is 1.58. The van der Waals surface area contributed by atoms with Gasteiger partial charge in [0.15, 0.2) is 0 Å². The molecule has 0 aromatic heterocycles. The fraction of sp³-hybridized carbons (Fsp3) is 0.480. The summed E-state index contributed by atoms with van der Waals surface area (Å²) in [5.41, 5.74) is 3.14. The maximum Gasteiger partial charge on any atom is 0.410 e. The van der Waals surface area contributed by atoms with Gasteiger partial charge in [0.25, 0.3) is 0 Å². The summed E-state index contributed by atoms with van der Waals surface area (Å²) in [6.07, 6.45) is 1.39. The molecule has 3 heterocycles. The maximum atomic E-state index is 13.7. The molecule has 3 aliphatic heterocycles. The number of amides is 1. The molecule has 5 rings (SSSR count). The molecule has 0 spiro atoms. The summed E-state index contributed by atoms with van der Waals surface area (Å²) in [7, 11) is -1.13. The van der Waals surface area contributed by atoms with E-state index in [0.29, 0.717) is 29.4 Å². The van der Waals surface area contributed by atoms with Gasteiger partial charge in [0, 0.05) is 42.9 Å². The molecule has 0 N–H and O–H groups in total. The quantitative estimate of drug-likeness (QED) is 0.524. The molecule has 0 bridgehead atoms. The Labute approximate surface area is 201 Å². The van der Waals surface area contributed by atoms with Gasteiger partial charge < -0.3 is 14.5 Å². The lowest BCUT2D eigenvalue weighted by atomic mass is 9.88. The van der Waals surface area contributed by atoms with E-state index in [-0.39, 0.29) is 18.1 Å². The van der Waals surface area contributed by atoms with E-state index < -0.39 is 22.2 Å². The molecule has 0 aliphatic carbocycles. The van der Waals surface area contributed by atoms with Crippen molar-refractivity contribution >= 4 is 34.2 Å². The zero-order chi connectivity index (χ0) is 23.5. The highest BCUT2D eigenvalue weighted by atomic mass is 35.5. The molecule has 1 fully saturated rings. The van der Waals surface area contributed by atoms with Crippen molar-refractivity contribution < 1.29 is 18.1 Å². The van der Waals surface area contributed by atoms with E-state index in [4.69, 9.17) is 16.3 Å². The van der Waals surface area contributed by atoms with Crippen LogP contribution in [0.5, 0.6) is 0 Å². The van der Waals surface area contributed by atoms with Gasteiger partial charge in [0.2, 0.25) is 0 Å². The van der Waals surface area contributed by atoms with Crippen LogP contribution in [0.3, 0.4) is 0 Å². The summed E-state index contributed by atoms with van der Waals surface area (Å²) < 4.78 is 32.5. The van der Waals surface area contributed by atoms with Crippen LogP contribution < -0.4 is 4.90 Å². The molecule has 2 aromatic rings. The number of hydrogen-bond donors (Lipinski definition) is 0. The van der Waals surface area contributed by atoms with Crippen molar-refractivity contribution in [2.24, 2.45) is 0 Å². The zero-order valence-corrected chi connectivity index (χ0v) is 20.6. The summed E-state index contributed by atoms with van der Waals surface area (Å²) in [5.74, 6) is 0.317. The van der Waals surface area contributed by atoms with Gasteiger partial charge in [-0.1, -0.05) is 11.6 Å². The number of carbonyl (C=O) groups excluding carboxylic acids is 1. The number of likely N-dealkylation sites (tertiary alicyclic amines) is 1. The van der Waals surface area contributed by atoms with Gasteiger partial charge in [-0.05, 0) is 75.1 Å². The van der Waals surface area contributed by atoms with Crippen LogP contribution in [-0.2, 0) is 15.5 Å². The number of halogens is 2. The molecular formula is C25H28ClFN2O3S. The molecule has 33 heavy (non-hydrogen) atoms. The zero-order valence-electron chi connectivity index (χ0n) is 19.1. The molecule has 1 saturated heterocycles. The van der Waals surface area contributed by atoms with Crippen molar-refractivity contribution in [3.63, 3.8) is 0 Å². The number of piperidine rings is 1. The Kier molecular flexibility index (Phi) is 5.68. The molecule has 0 saturated carbocycles. The van der Waals surface area contributed by atoms with Gasteiger partial charge >= 0.3 is 6.09 Å². The standard InChI is InChI=1S/C25H28ClFN2O3S/c1-25(2,3)32-24(30)28-9-7-21-19(14-28)18-11-15(17-6-5-16(27)13-20(17)26)12-22-23(18)29(21)8-4-10-33(22)31/h5-6,11-13,19,21H,4,7-10,14H2,1-3H3/t19-,21-,33?/m0/s1. The molecule has 2 aromatic carbocycles. The molecule has 1 amide bonds. The number of hydrogen-bond acceptors (Lipinski definition) is 4. The highest BCUT2D eigenvalue weighted by molar-refractivity contribution is 7.85. The molecule has 1 unspecified atom stereocenters. The molecule has 176 valence electrons. The van der Waals surface area contributed by atoms with Crippen LogP contribution >= 0.6 is 11.6 Å². The maximum absolute atomic E-state index is 13.7. The van der Waals surface area contributed by atoms with Gasteiger partial charge in [0.1, 0.15) is 11.4 Å². The third kappa shape index (κ3) is 4.14. The van der Waals surface area contributed by atoms with Crippen LogP contribution in [0, 0.1) is 5.82 Å². The van der Waals surface area contributed by atoms with Crippen molar-refractivity contribution in [3.8, 4) is 11.1 Å². The van der Waals surface area contributed by atoms with Crippen LogP contribution in [0.1, 0.15) is 45.1 Å². The topological polar surface area (TPSA) is 49.9 Å². The molecule has 5 nitrogen and oxygen atoms in total. The first kappa shape index (κ1) is 22.7. The van der Waals surface area contributed by atoms with Crippen molar-refractivity contribution in [2.75, 3.05) is 30.3 Å². The molecule has 8 heteroatoms. The van der Waals surface area contributed by atoms with Crippen LogP contribution in [0.25, 0.3) is 11.1 Å². The molecular weight excluding hydrogens is 463 g/mol. The minimum atomic E-state index is -1.13. The highest BCUT2D eigenvalue weighted by Gasteiger charge is 2.46. The van der Waals surface area contributed by atoms with E-state index in [2.05, 4.69) is 11.0 Å². The van der Waals surface area contributed by atoms with Gasteiger partial charge in [-0.25, -0.2) is 9.18 Å². The summed E-state index contributed by atoms with van der Waals surface area (Å²) >= 11 is 6.39. The normalized spacial score (nSPS) is 24.2. The lowest BCUT2D eigenvalue weighted by molar-refractivity contribution is 0.0189. The van der Waals surface area contributed by atoms with E-state index in [0.717, 1.165) is 41.1 Å². The average Bonchev–Trinajstić information content (AvgIpc) is 2.94. The summed E-state index contributed by atoms with van der Waals surface area (Å²) in [6.45, 7) is 7.66. The number of benzene rings is 2. The van der Waals surface area contributed by atoms with Gasteiger partial charge in [-0.3, -0.25) is 4.21 Å². The average molecular weight is 491 g/mol. The Morgan fingerprint density at radius 1 is 1.21 bits per heavy atom. The van der Waals surface area contributed by atoms with Gasteiger partial charge in [-0.2, -0.15) is 0 Å². The predicted molar refractivity (Wildman–Crippen MR) is 129 cm³/mol. The first-order valence-electron chi connectivity index (χ1n) is 11.4. The Bertz CT molecular complexity index is 1150. The second-order valence-electron chi connectivity index (χ2n) is 10.0. The number of ether oxygens (including phenoxy) is 1. The first-order chi connectivity index (χ1) is 15.6. The fourth-order valence-electron chi connectivity index (χ4n) is 5.30. The fourth-order valence-corrected chi connectivity index (χ4v) is 6.90. The highest BCUT2D eigenvalue weighted by Crippen LogP contribution is 2.50. The largest absolute Gasteiger partial charge is 0.444 e. The SMILES string of the molecule is CC(C)(C)OC(=O)N1CC[C@H]2[C@@H](C1)c1cc(-c3ccc(F)cc3Cl)cc3c1N2CCCS3=O. The number of fused-ring (bicyclic) bond motifs is 3. The minimum Gasteiger partial charge on any atom is -0.444 e. The van der Waals surface area contributed by atoms with Gasteiger partial charge in [0.05, 0.1) is 26.4 Å². The van der Waals surface area contributed by atoms with E-state index in [1.165, 1.54) is 12.1 Å². The summed E-state index contributed by atoms with van der Waals surface area (Å²) in [5, 5.41) is 0.326. The monoisotopic (exact) mass is 490 g/mol. The van der Waals surface area contributed by atoms with Crippen molar-refractivity contribution in [1.82, 2.24) is 4.90 Å². The second-order valence-corrected chi connectivity index (χ2v) is 12.0. The number of nitrogens with zero attached hydrogens (tertiary/aromatic N) is 2. The predicted octanol–water partition coefficient (Wildman–Crippen LogP) is 5.57. The molecule has 0 radical (unpaired) electrons. The van der Waals surface area contributed by atoms with Crippen LogP contribution in [0.4, 0.5) is 14.9 Å². The van der Waals surface area contributed by atoms with E-state index >= 15 is 0 Å². The lowest BCUT2D eigenvalue weighted by Gasteiger charge is -2.39. The van der Waals surface area contributed by atoms with E-state index in [1.807, 2.05) is 26.8 Å². The summed E-state index contributed by atoms with van der Waals surface area (Å²) in [4.78, 5) is 17.8. The van der Waals surface area contributed by atoms with E-state index in [9.17, 15) is 13.4 Å². The Hall–Kier alpha value is -2.12. The van der Waals surface area contributed by atoms with Crippen LogP contribution in [-0.4, -0.2) is 52.2 Å².